The van der Waals surface area contributed by atoms with Crippen molar-refractivity contribution in [2.24, 2.45) is 5.10 Å². The highest BCUT2D eigenvalue weighted by Gasteiger charge is 2.58. The largest absolute Gasteiger partial charge is 0.433 e. The molecule has 1 spiro atoms. The molecule has 1 atom stereocenters. The molecule has 5 nitrogen and oxygen atoms in total. The number of para-hydroxylation sites is 2. The Morgan fingerprint density at radius 2 is 1.74 bits per heavy atom. The van der Waals surface area contributed by atoms with Gasteiger partial charge in [-0.2, -0.15) is 0 Å². The Morgan fingerprint density at radius 1 is 0.963 bits per heavy atom. The molecule has 0 aromatic heterocycles. The Kier molecular flexibility index (Phi) is 3.45. The molecule has 0 bridgehead atoms. The van der Waals surface area contributed by atoms with Gasteiger partial charge in [0.2, 0.25) is 5.90 Å². The van der Waals surface area contributed by atoms with E-state index in [1.54, 1.807) is 17.1 Å². The van der Waals surface area contributed by atoms with Crippen molar-refractivity contribution in [3.8, 4) is 0 Å². The van der Waals surface area contributed by atoms with Gasteiger partial charge in [-0.05, 0) is 36.4 Å². The second kappa shape index (κ2) is 5.86. The Bertz CT molecular complexity index is 1080. The lowest BCUT2D eigenvalue weighted by Crippen LogP contribution is -2.47. The van der Waals surface area contributed by atoms with Crippen LogP contribution in [0, 0.1) is 0 Å². The van der Waals surface area contributed by atoms with Crippen LogP contribution in [0.25, 0.3) is 0 Å². The number of carbonyl (C=O) groups excluding carboxylic acids is 1. The predicted molar refractivity (Wildman–Crippen MR) is 105 cm³/mol. The van der Waals surface area contributed by atoms with Crippen LogP contribution in [0.1, 0.15) is 11.1 Å². The van der Waals surface area contributed by atoms with Crippen LogP contribution in [-0.2, 0) is 15.3 Å². The summed E-state index contributed by atoms with van der Waals surface area (Å²) in [5.74, 6) is 0.0570. The van der Waals surface area contributed by atoms with Crippen molar-refractivity contribution in [3.05, 3.63) is 95.0 Å². The first-order valence-corrected chi connectivity index (χ1v) is 8.86. The van der Waals surface area contributed by atoms with Gasteiger partial charge in [-0.3, -0.25) is 4.79 Å². The summed E-state index contributed by atoms with van der Waals surface area (Å²) in [6.07, 6.45) is 0. The van der Waals surface area contributed by atoms with Gasteiger partial charge in [0.05, 0.1) is 16.9 Å². The summed E-state index contributed by atoms with van der Waals surface area (Å²) in [6.45, 7) is 0. The fraction of sp³-hybridized carbons (Fsp3) is 0.0476. The van der Waals surface area contributed by atoms with Crippen LogP contribution in [0.15, 0.2) is 84.0 Å². The number of amides is 1. The molecule has 5 rings (SSSR count). The van der Waals surface area contributed by atoms with Gasteiger partial charge in [-0.1, -0.05) is 54.1 Å². The molecule has 0 saturated carbocycles. The van der Waals surface area contributed by atoms with Crippen LogP contribution in [0.3, 0.4) is 0 Å². The topological polar surface area (TPSA) is 53.9 Å². The van der Waals surface area contributed by atoms with E-state index in [-0.39, 0.29) is 5.91 Å². The summed E-state index contributed by atoms with van der Waals surface area (Å²) in [5.41, 5.74) is 1.50. The maximum Gasteiger partial charge on any atom is 0.311 e. The summed E-state index contributed by atoms with van der Waals surface area (Å²) >= 11 is 6.13. The summed E-state index contributed by atoms with van der Waals surface area (Å²) in [5, 5.41) is 9.77. The Hall–Kier alpha value is -3.31. The summed E-state index contributed by atoms with van der Waals surface area (Å²) in [4.78, 5) is 13.1. The third kappa shape index (κ3) is 2.32. The molecule has 2 aliphatic rings. The molecule has 3 aromatic carbocycles. The van der Waals surface area contributed by atoms with Crippen molar-refractivity contribution in [3.63, 3.8) is 0 Å². The number of carbonyl (C=O) groups is 1. The minimum absolute atomic E-state index is 0.284. The quantitative estimate of drug-likeness (QED) is 0.724. The van der Waals surface area contributed by atoms with E-state index in [1.165, 1.54) is 0 Å². The first-order valence-electron chi connectivity index (χ1n) is 8.48. The Balaban J connectivity index is 1.71. The highest BCUT2D eigenvalue weighted by molar-refractivity contribution is 6.31. The van der Waals surface area contributed by atoms with E-state index in [9.17, 15) is 4.79 Å². The summed E-state index contributed by atoms with van der Waals surface area (Å²) in [7, 11) is 0. The van der Waals surface area contributed by atoms with E-state index in [0.717, 1.165) is 11.3 Å². The lowest BCUT2D eigenvalue weighted by Gasteiger charge is -2.30. The molecule has 1 amide bonds. The Labute approximate surface area is 160 Å². The molecule has 6 heteroatoms. The van der Waals surface area contributed by atoms with Crippen molar-refractivity contribution < 1.29 is 9.53 Å². The molecule has 0 radical (unpaired) electrons. The SMILES string of the molecule is O=C1Nc2ccccc2C12OC(c1cccc(Cl)c1)=NN2c1ccccc1. The number of ether oxygens (including phenoxy) is 1. The van der Waals surface area contributed by atoms with Crippen molar-refractivity contribution in [1.82, 2.24) is 0 Å². The number of rotatable bonds is 2. The molecule has 0 saturated heterocycles. The molecule has 0 fully saturated rings. The number of nitrogens with zero attached hydrogens (tertiary/aromatic N) is 2. The van der Waals surface area contributed by atoms with E-state index in [4.69, 9.17) is 16.3 Å². The molecule has 1 unspecified atom stereocenters. The number of hydrogen-bond donors (Lipinski definition) is 1. The molecule has 2 heterocycles. The molecular weight excluding hydrogens is 362 g/mol. The average molecular weight is 376 g/mol. The maximum atomic E-state index is 13.1. The zero-order valence-electron chi connectivity index (χ0n) is 14.1. The van der Waals surface area contributed by atoms with E-state index in [2.05, 4.69) is 10.4 Å². The molecule has 1 N–H and O–H groups in total. The van der Waals surface area contributed by atoms with Crippen LogP contribution in [0.4, 0.5) is 11.4 Å². The van der Waals surface area contributed by atoms with E-state index >= 15 is 0 Å². The molecule has 2 aliphatic heterocycles. The molecule has 3 aromatic rings. The number of benzene rings is 3. The average Bonchev–Trinajstić information content (AvgIpc) is 3.23. The fourth-order valence-corrected chi connectivity index (χ4v) is 3.63. The van der Waals surface area contributed by atoms with Crippen LogP contribution in [0.5, 0.6) is 0 Å². The molecular formula is C21H14ClN3O2. The fourth-order valence-electron chi connectivity index (χ4n) is 3.44. The highest BCUT2D eigenvalue weighted by atomic mass is 35.5. The second-order valence-electron chi connectivity index (χ2n) is 6.31. The van der Waals surface area contributed by atoms with Crippen molar-refractivity contribution in [2.45, 2.75) is 5.72 Å². The molecule has 132 valence electrons. The third-order valence-electron chi connectivity index (χ3n) is 4.65. The zero-order valence-corrected chi connectivity index (χ0v) is 14.9. The first-order chi connectivity index (χ1) is 13.2. The number of fused-ring (bicyclic) bond motifs is 2. The summed E-state index contributed by atoms with van der Waals surface area (Å²) < 4.78 is 6.26. The minimum atomic E-state index is -1.39. The van der Waals surface area contributed by atoms with Gasteiger partial charge in [-0.25, -0.2) is 5.01 Å². The normalized spacial score (nSPS) is 20.3. The number of halogens is 1. The van der Waals surface area contributed by atoms with Gasteiger partial charge in [0, 0.05) is 10.6 Å². The third-order valence-corrected chi connectivity index (χ3v) is 4.89. The smallest absolute Gasteiger partial charge is 0.311 e. The number of hydrazone groups is 1. The van der Waals surface area contributed by atoms with E-state index < -0.39 is 5.72 Å². The van der Waals surface area contributed by atoms with Crippen LogP contribution in [0.2, 0.25) is 5.02 Å². The van der Waals surface area contributed by atoms with Gasteiger partial charge in [0.1, 0.15) is 0 Å². The van der Waals surface area contributed by atoms with Gasteiger partial charge >= 0.3 is 5.72 Å². The predicted octanol–water partition coefficient (Wildman–Crippen LogP) is 4.34. The number of nitrogens with one attached hydrogen (secondary N) is 1. The standard InChI is InChI=1S/C21H14ClN3O2/c22-15-8-6-7-14(13-15)19-24-25(16-9-2-1-3-10-16)21(27-19)17-11-4-5-12-18(17)23-20(21)26/h1-13H,(H,23,26). The highest BCUT2D eigenvalue weighted by Crippen LogP contribution is 2.47. The zero-order chi connectivity index (χ0) is 18.4. The monoisotopic (exact) mass is 375 g/mol. The summed E-state index contributed by atoms with van der Waals surface area (Å²) in [6, 6.07) is 24.2. The van der Waals surface area contributed by atoms with Crippen molar-refractivity contribution in [2.75, 3.05) is 10.3 Å². The maximum absolute atomic E-state index is 13.1. The van der Waals surface area contributed by atoms with Crippen LogP contribution in [-0.4, -0.2) is 11.8 Å². The lowest BCUT2D eigenvalue weighted by molar-refractivity contribution is -0.130. The van der Waals surface area contributed by atoms with Crippen molar-refractivity contribution in [1.29, 1.82) is 0 Å². The number of hydrogen-bond acceptors (Lipinski definition) is 4. The van der Waals surface area contributed by atoms with Gasteiger partial charge in [0.25, 0.3) is 5.91 Å². The van der Waals surface area contributed by atoms with Gasteiger partial charge in [0.15, 0.2) is 0 Å². The first kappa shape index (κ1) is 15.9. The van der Waals surface area contributed by atoms with Crippen molar-refractivity contribution >= 4 is 34.8 Å². The molecule has 0 aliphatic carbocycles. The van der Waals surface area contributed by atoms with Gasteiger partial charge in [-0.15, -0.1) is 5.10 Å². The van der Waals surface area contributed by atoms with E-state index in [0.29, 0.717) is 22.2 Å². The van der Waals surface area contributed by atoms with Crippen LogP contribution < -0.4 is 10.3 Å². The van der Waals surface area contributed by atoms with Crippen LogP contribution >= 0.6 is 11.6 Å². The molecule has 27 heavy (non-hydrogen) atoms. The Morgan fingerprint density at radius 3 is 2.56 bits per heavy atom. The van der Waals surface area contributed by atoms with E-state index in [1.807, 2.05) is 66.7 Å². The number of anilines is 2. The second-order valence-corrected chi connectivity index (χ2v) is 6.75. The van der Waals surface area contributed by atoms with Gasteiger partial charge < -0.3 is 10.1 Å². The lowest BCUT2D eigenvalue weighted by atomic mass is 10.0. The minimum Gasteiger partial charge on any atom is -0.433 e.